The van der Waals surface area contributed by atoms with Crippen LogP contribution in [0.2, 0.25) is 0 Å². The number of hydrogen-bond donors (Lipinski definition) is 2. The lowest BCUT2D eigenvalue weighted by molar-refractivity contribution is 0.0956. The number of amides is 1. The van der Waals surface area contributed by atoms with E-state index in [1.165, 1.54) is 0 Å². The maximum absolute atomic E-state index is 11.6. The number of nitrogens with one attached hydrogen (secondary N) is 1. The average molecular weight is 254 g/mol. The van der Waals surface area contributed by atoms with Gasteiger partial charge >= 0.3 is 0 Å². The lowest BCUT2D eigenvalue weighted by Crippen LogP contribution is -2.22. The number of benzene rings is 1. The molecule has 92 valence electrons. The zero-order valence-corrected chi connectivity index (χ0v) is 10.7. The van der Waals surface area contributed by atoms with Crippen molar-refractivity contribution in [3.05, 3.63) is 29.3 Å². The third kappa shape index (κ3) is 3.75. The van der Waals surface area contributed by atoms with E-state index in [0.29, 0.717) is 23.6 Å². The molecule has 1 aromatic rings. The van der Waals surface area contributed by atoms with E-state index in [-0.39, 0.29) is 11.8 Å². The summed E-state index contributed by atoms with van der Waals surface area (Å²) in [7, 11) is 0. The number of carbonyl (C=O) groups is 1. The van der Waals surface area contributed by atoms with E-state index >= 15 is 0 Å². The predicted octanol–water partition coefficient (Wildman–Crippen LogP) is 1.97. The van der Waals surface area contributed by atoms with Crippen molar-refractivity contribution in [2.75, 3.05) is 12.4 Å². The number of rotatable bonds is 4. The number of nitrogens with two attached hydrogens (primary N) is 1. The van der Waals surface area contributed by atoms with E-state index in [1.54, 1.807) is 12.1 Å². The average Bonchev–Trinajstić information content (AvgIpc) is 2.32. The van der Waals surface area contributed by atoms with Crippen molar-refractivity contribution < 1.29 is 4.79 Å². The molecular weight excluding hydrogens is 238 g/mol. The highest BCUT2D eigenvalue weighted by molar-refractivity contribution is 6.28. The van der Waals surface area contributed by atoms with Crippen molar-refractivity contribution in [2.45, 2.75) is 13.8 Å². The Balaban J connectivity index is 3.06. The fourth-order valence-electron chi connectivity index (χ4n) is 1.32. The minimum Gasteiger partial charge on any atom is -0.386 e. The smallest absolute Gasteiger partial charge is 0.251 e. The minimum absolute atomic E-state index is 0.117. The van der Waals surface area contributed by atoms with Gasteiger partial charge in [0.25, 0.3) is 5.91 Å². The molecule has 3 N–H and O–H groups in total. The molecule has 17 heavy (non-hydrogen) atoms. The summed E-state index contributed by atoms with van der Waals surface area (Å²) in [4.78, 5) is 15.8. The van der Waals surface area contributed by atoms with Gasteiger partial charge in [-0.3, -0.25) is 4.79 Å². The van der Waals surface area contributed by atoms with Crippen LogP contribution in [0.25, 0.3) is 0 Å². The number of hydrogen-bond acceptors (Lipinski definition) is 2. The molecule has 1 rings (SSSR count). The van der Waals surface area contributed by atoms with E-state index in [0.717, 1.165) is 5.56 Å². The third-order valence-corrected chi connectivity index (χ3v) is 2.48. The van der Waals surface area contributed by atoms with Crippen LogP contribution in [-0.2, 0) is 0 Å². The molecule has 0 saturated carbocycles. The molecule has 0 aliphatic rings. The van der Waals surface area contributed by atoms with Gasteiger partial charge in [-0.15, -0.1) is 11.6 Å². The van der Waals surface area contributed by atoms with Crippen molar-refractivity contribution in [3.63, 3.8) is 0 Å². The van der Waals surface area contributed by atoms with Gasteiger partial charge in [0.05, 0.1) is 11.6 Å². The van der Waals surface area contributed by atoms with Gasteiger partial charge in [-0.2, -0.15) is 0 Å². The first-order valence-electron chi connectivity index (χ1n) is 5.36. The van der Waals surface area contributed by atoms with Gasteiger partial charge in [0.1, 0.15) is 5.84 Å². The van der Waals surface area contributed by atoms with Crippen LogP contribution in [0.1, 0.15) is 22.8 Å². The van der Waals surface area contributed by atoms with Crippen LogP contribution in [0.15, 0.2) is 23.2 Å². The molecule has 4 nitrogen and oxygen atoms in total. The quantitative estimate of drug-likeness (QED) is 0.489. The summed E-state index contributed by atoms with van der Waals surface area (Å²) in [6.45, 7) is 4.37. The fourth-order valence-corrected chi connectivity index (χ4v) is 1.38. The molecule has 0 heterocycles. The molecule has 0 aliphatic carbocycles. The molecule has 0 spiro atoms. The topological polar surface area (TPSA) is 67.5 Å². The van der Waals surface area contributed by atoms with Crippen molar-refractivity contribution >= 4 is 29.0 Å². The number of halogens is 1. The number of aryl methyl sites for hydroxylation is 1. The molecule has 1 aromatic carbocycles. The standard InChI is InChI=1S/C12H16ClN3O/c1-3-15-12(17)9-5-4-8(2)10(6-9)16-11(14)7-13/h4-6H,3,7H2,1-2H3,(H2,14,16)(H,15,17). The van der Waals surface area contributed by atoms with Crippen LogP contribution in [-0.4, -0.2) is 24.2 Å². The largest absolute Gasteiger partial charge is 0.386 e. The summed E-state index contributed by atoms with van der Waals surface area (Å²) in [6.07, 6.45) is 0. The Morgan fingerprint density at radius 2 is 2.24 bits per heavy atom. The Morgan fingerprint density at radius 3 is 2.82 bits per heavy atom. The Bertz CT molecular complexity index is 443. The van der Waals surface area contributed by atoms with E-state index in [1.807, 2.05) is 19.9 Å². The first kappa shape index (κ1) is 13.5. The van der Waals surface area contributed by atoms with Crippen LogP contribution in [0.4, 0.5) is 5.69 Å². The van der Waals surface area contributed by atoms with Gasteiger partial charge in [-0.05, 0) is 31.5 Å². The fraction of sp³-hybridized carbons (Fsp3) is 0.333. The number of amidine groups is 1. The molecule has 0 fully saturated rings. The van der Waals surface area contributed by atoms with E-state index in [2.05, 4.69) is 10.3 Å². The molecular formula is C12H16ClN3O. The molecule has 0 radical (unpaired) electrons. The zero-order valence-electron chi connectivity index (χ0n) is 9.96. The summed E-state index contributed by atoms with van der Waals surface area (Å²) in [5, 5.41) is 2.73. The summed E-state index contributed by atoms with van der Waals surface area (Å²) in [5.74, 6) is 0.390. The normalized spacial score (nSPS) is 11.4. The summed E-state index contributed by atoms with van der Waals surface area (Å²) >= 11 is 5.57. The lowest BCUT2D eigenvalue weighted by atomic mass is 10.1. The first-order valence-corrected chi connectivity index (χ1v) is 5.89. The molecule has 0 saturated heterocycles. The van der Waals surface area contributed by atoms with Crippen molar-refractivity contribution in [1.29, 1.82) is 0 Å². The molecule has 0 unspecified atom stereocenters. The van der Waals surface area contributed by atoms with E-state index < -0.39 is 0 Å². The van der Waals surface area contributed by atoms with Crippen molar-refractivity contribution in [3.8, 4) is 0 Å². The minimum atomic E-state index is -0.117. The van der Waals surface area contributed by atoms with Crippen LogP contribution in [0.5, 0.6) is 0 Å². The highest BCUT2D eigenvalue weighted by Crippen LogP contribution is 2.20. The van der Waals surface area contributed by atoms with Gasteiger partial charge in [-0.25, -0.2) is 4.99 Å². The third-order valence-electron chi connectivity index (χ3n) is 2.21. The van der Waals surface area contributed by atoms with E-state index in [4.69, 9.17) is 17.3 Å². The van der Waals surface area contributed by atoms with Gasteiger partial charge in [0.15, 0.2) is 0 Å². The van der Waals surface area contributed by atoms with Gasteiger partial charge < -0.3 is 11.1 Å². The molecule has 0 aliphatic heterocycles. The zero-order chi connectivity index (χ0) is 12.8. The van der Waals surface area contributed by atoms with Crippen LogP contribution >= 0.6 is 11.6 Å². The molecule has 0 aromatic heterocycles. The van der Waals surface area contributed by atoms with Crippen molar-refractivity contribution in [2.24, 2.45) is 10.7 Å². The Hall–Kier alpha value is -1.55. The van der Waals surface area contributed by atoms with Gasteiger partial charge in [0.2, 0.25) is 0 Å². The highest BCUT2D eigenvalue weighted by Gasteiger charge is 2.06. The second kappa shape index (κ2) is 6.25. The van der Waals surface area contributed by atoms with Crippen LogP contribution in [0.3, 0.4) is 0 Å². The molecule has 0 atom stereocenters. The van der Waals surface area contributed by atoms with Gasteiger partial charge in [0, 0.05) is 12.1 Å². The summed E-state index contributed by atoms with van der Waals surface area (Å²) < 4.78 is 0. The summed E-state index contributed by atoms with van der Waals surface area (Å²) in [5.41, 5.74) is 7.77. The summed E-state index contributed by atoms with van der Waals surface area (Å²) in [6, 6.07) is 5.31. The Morgan fingerprint density at radius 1 is 1.53 bits per heavy atom. The Labute approximate surface area is 106 Å². The maximum Gasteiger partial charge on any atom is 0.251 e. The highest BCUT2D eigenvalue weighted by atomic mass is 35.5. The first-order chi connectivity index (χ1) is 8.08. The molecule has 5 heteroatoms. The monoisotopic (exact) mass is 253 g/mol. The number of aliphatic imine (C=N–C) groups is 1. The van der Waals surface area contributed by atoms with Crippen LogP contribution in [0, 0.1) is 6.92 Å². The Kier molecular flexibility index (Phi) is 4.97. The van der Waals surface area contributed by atoms with Gasteiger partial charge in [-0.1, -0.05) is 6.07 Å². The number of nitrogens with zero attached hydrogens (tertiary/aromatic N) is 1. The lowest BCUT2D eigenvalue weighted by Gasteiger charge is -2.06. The molecule has 0 bridgehead atoms. The number of carbonyl (C=O) groups excluding carboxylic acids is 1. The number of alkyl halides is 1. The van der Waals surface area contributed by atoms with Crippen molar-refractivity contribution in [1.82, 2.24) is 5.32 Å². The van der Waals surface area contributed by atoms with Crippen LogP contribution < -0.4 is 11.1 Å². The molecule has 1 amide bonds. The second-order valence-corrected chi connectivity index (χ2v) is 3.86. The van der Waals surface area contributed by atoms with E-state index in [9.17, 15) is 4.79 Å². The predicted molar refractivity (Wildman–Crippen MR) is 71.2 cm³/mol. The SMILES string of the molecule is CCNC(=O)c1ccc(C)c(N=C(N)CCl)c1. The maximum atomic E-state index is 11.6. The second-order valence-electron chi connectivity index (χ2n) is 3.60.